The van der Waals surface area contributed by atoms with Gasteiger partial charge in [-0.2, -0.15) is 5.10 Å². The van der Waals surface area contributed by atoms with Crippen LogP contribution < -0.4 is 10.9 Å². The number of nitrogens with zero attached hydrogens (tertiary/aromatic N) is 2. The molecule has 0 saturated carbocycles. The summed E-state index contributed by atoms with van der Waals surface area (Å²) in [4.78, 5) is 16.5. The first-order chi connectivity index (χ1) is 13.8. The summed E-state index contributed by atoms with van der Waals surface area (Å²) in [5, 5.41) is 12.5. The first-order valence-corrected chi connectivity index (χ1v) is 9.53. The molecule has 5 heteroatoms. The van der Waals surface area contributed by atoms with Gasteiger partial charge in [-0.3, -0.25) is 9.78 Å². The van der Waals surface area contributed by atoms with Crippen LogP contribution in [0.5, 0.6) is 0 Å². The van der Waals surface area contributed by atoms with Gasteiger partial charge >= 0.3 is 0 Å². The van der Waals surface area contributed by atoms with E-state index in [0.29, 0.717) is 5.39 Å². The summed E-state index contributed by atoms with van der Waals surface area (Å²) in [7, 11) is 0. The van der Waals surface area contributed by atoms with Crippen molar-refractivity contribution in [3.63, 3.8) is 0 Å². The molecule has 5 nitrogen and oxygen atoms in total. The van der Waals surface area contributed by atoms with Crippen molar-refractivity contribution < 1.29 is 0 Å². The second-order valence-electron chi connectivity index (χ2n) is 7.14. The number of H-pyrrole nitrogens is 1. The highest BCUT2D eigenvalue weighted by Gasteiger charge is 2.34. The molecule has 2 unspecified atom stereocenters. The van der Waals surface area contributed by atoms with E-state index in [1.165, 1.54) is 11.1 Å². The maximum absolute atomic E-state index is 12.4. The largest absolute Gasteiger partial charge is 0.377 e. The van der Waals surface area contributed by atoms with Crippen molar-refractivity contribution in [3.05, 3.63) is 99.7 Å². The fraction of sp³-hybridized carbons (Fsp3) is 0.174. The predicted molar refractivity (Wildman–Crippen MR) is 111 cm³/mol. The van der Waals surface area contributed by atoms with E-state index >= 15 is 0 Å². The van der Waals surface area contributed by atoms with Gasteiger partial charge in [0.1, 0.15) is 0 Å². The fourth-order valence-electron chi connectivity index (χ4n) is 4.20. The highest BCUT2D eigenvalue weighted by molar-refractivity contribution is 5.97. The van der Waals surface area contributed by atoms with Crippen molar-refractivity contribution in [2.75, 3.05) is 5.32 Å². The summed E-state index contributed by atoms with van der Waals surface area (Å²) < 4.78 is 0. The van der Waals surface area contributed by atoms with Crippen LogP contribution in [0.2, 0.25) is 0 Å². The number of anilines is 1. The Morgan fingerprint density at radius 2 is 1.82 bits per heavy atom. The number of hydrogen-bond donors (Lipinski definition) is 2. The molecule has 0 saturated heterocycles. The van der Waals surface area contributed by atoms with E-state index < -0.39 is 0 Å². The van der Waals surface area contributed by atoms with Gasteiger partial charge in [-0.25, -0.2) is 5.10 Å². The molecule has 28 heavy (non-hydrogen) atoms. The Morgan fingerprint density at radius 1 is 1.00 bits per heavy atom. The Balaban J connectivity index is 1.80. The second kappa shape index (κ2) is 6.60. The average molecular weight is 368 g/mol. The van der Waals surface area contributed by atoms with Gasteiger partial charge in [0.05, 0.1) is 23.0 Å². The SMILES string of the molecule is CCc1cccc(C2c3n[nH]c(=O)c4cccc(c34)NC2c2ccncc2)c1. The third-order valence-corrected chi connectivity index (χ3v) is 5.57. The van der Waals surface area contributed by atoms with Gasteiger partial charge in [0.15, 0.2) is 0 Å². The van der Waals surface area contributed by atoms with Crippen LogP contribution in [0.15, 0.2) is 71.8 Å². The van der Waals surface area contributed by atoms with E-state index in [0.717, 1.165) is 28.8 Å². The number of aromatic nitrogens is 3. The van der Waals surface area contributed by atoms with Gasteiger partial charge in [0.25, 0.3) is 5.56 Å². The number of benzene rings is 2. The first-order valence-electron chi connectivity index (χ1n) is 9.53. The van der Waals surface area contributed by atoms with Crippen LogP contribution in [0.3, 0.4) is 0 Å². The van der Waals surface area contributed by atoms with Crippen LogP contribution in [0, 0.1) is 0 Å². The molecule has 2 aromatic carbocycles. The number of pyridine rings is 1. The van der Waals surface area contributed by atoms with E-state index in [-0.39, 0.29) is 17.5 Å². The third kappa shape index (κ3) is 2.59. The standard InChI is InChI=1S/C23H20N4O/c1-2-14-5-3-6-16(13-14)19-21(15-9-11-24-12-10-15)25-18-8-4-7-17-20(18)22(19)26-27-23(17)28/h3-13,19,21,25H,2H2,1H3,(H,27,28). The lowest BCUT2D eigenvalue weighted by Crippen LogP contribution is -2.28. The molecule has 0 amide bonds. The van der Waals surface area contributed by atoms with Crippen LogP contribution in [0.25, 0.3) is 10.8 Å². The number of nitrogens with one attached hydrogen (secondary N) is 2. The highest BCUT2D eigenvalue weighted by Crippen LogP contribution is 2.46. The Labute approximate surface area is 162 Å². The summed E-state index contributed by atoms with van der Waals surface area (Å²) in [6, 6.07) is 18.5. The van der Waals surface area contributed by atoms with Crippen molar-refractivity contribution in [2.24, 2.45) is 0 Å². The van der Waals surface area contributed by atoms with E-state index in [2.05, 4.69) is 51.7 Å². The van der Waals surface area contributed by atoms with E-state index in [9.17, 15) is 4.79 Å². The van der Waals surface area contributed by atoms with Gasteiger partial charge in [-0.1, -0.05) is 37.3 Å². The number of rotatable bonds is 3. The molecule has 2 atom stereocenters. The number of hydrogen-bond acceptors (Lipinski definition) is 4. The molecule has 0 aliphatic carbocycles. The zero-order valence-corrected chi connectivity index (χ0v) is 15.5. The van der Waals surface area contributed by atoms with Crippen molar-refractivity contribution in [3.8, 4) is 0 Å². The fourth-order valence-corrected chi connectivity index (χ4v) is 4.20. The van der Waals surface area contributed by atoms with Gasteiger partial charge in [-0.05, 0) is 47.4 Å². The minimum atomic E-state index is -0.161. The van der Waals surface area contributed by atoms with Crippen LogP contribution >= 0.6 is 0 Å². The molecule has 0 fully saturated rings. The molecule has 0 bridgehead atoms. The molecule has 5 rings (SSSR count). The topological polar surface area (TPSA) is 70.7 Å². The van der Waals surface area contributed by atoms with Crippen molar-refractivity contribution in [1.29, 1.82) is 0 Å². The van der Waals surface area contributed by atoms with Gasteiger partial charge in [0.2, 0.25) is 0 Å². The van der Waals surface area contributed by atoms with Crippen LogP contribution in [0.1, 0.15) is 41.3 Å². The zero-order chi connectivity index (χ0) is 19.1. The molecular weight excluding hydrogens is 348 g/mol. The quantitative estimate of drug-likeness (QED) is 0.569. The lowest BCUT2D eigenvalue weighted by molar-refractivity contribution is 0.637. The Kier molecular flexibility index (Phi) is 3.93. The smallest absolute Gasteiger partial charge is 0.272 e. The highest BCUT2D eigenvalue weighted by atomic mass is 16.1. The average Bonchev–Trinajstić information content (AvgIpc) is 2.76. The predicted octanol–water partition coefficient (Wildman–Crippen LogP) is 4.18. The number of aromatic amines is 1. The Bertz CT molecular complexity index is 1220. The Hall–Kier alpha value is -3.47. The molecule has 0 spiro atoms. The zero-order valence-electron chi connectivity index (χ0n) is 15.5. The number of aryl methyl sites for hydroxylation is 1. The second-order valence-corrected chi connectivity index (χ2v) is 7.14. The molecule has 1 aliphatic rings. The van der Waals surface area contributed by atoms with E-state index in [4.69, 9.17) is 0 Å². The maximum atomic E-state index is 12.4. The molecule has 1 aliphatic heterocycles. The van der Waals surface area contributed by atoms with Crippen molar-refractivity contribution >= 4 is 16.5 Å². The molecule has 2 N–H and O–H groups in total. The summed E-state index contributed by atoms with van der Waals surface area (Å²) in [6.07, 6.45) is 4.60. The third-order valence-electron chi connectivity index (χ3n) is 5.57. The summed E-state index contributed by atoms with van der Waals surface area (Å²) in [5.74, 6) is -0.0249. The molecule has 2 aromatic heterocycles. The normalized spacial score (nSPS) is 18.0. The Morgan fingerprint density at radius 3 is 2.64 bits per heavy atom. The first kappa shape index (κ1) is 16.7. The van der Waals surface area contributed by atoms with Crippen molar-refractivity contribution in [2.45, 2.75) is 25.3 Å². The molecule has 3 heterocycles. The van der Waals surface area contributed by atoms with Crippen LogP contribution in [-0.4, -0.2) is 15.2 Å². The summed E-state index contributed by atoms with van der Waals surface area (Å²) in [6.45, 7) is 2.16. The molecule has 4 aromatic rings. The van der Waals surface area contributed by atoms with Crippen molar-refractivity contribution in [1.82, 2.24) is 15.2 Å². The molecule has 0 radical (unpaired) electrons. The van der Waals surface area contributed by atoms with Crippen LogP contribution in [-0.2, 0) is 6.42 Å². The van der Waals surface area contributed by atoms with Gasteiger partial charge in [-0.15, -0.1) is 0 Å². The summed E-state index contributed by atoms with van der Waals surface area (Å²) >= 11 is 0. The lowest BCUT2D eigenvalue weighted by Gasteiger charge is -2.34. The van der Waals surface area contributed by atoms with Crippen LogP contribution in [0.4, 0.5) is 5.69 Å². The minimum absolute atomic E-state index is 0.00777. The maximum Gasteiger partial charge on any atom is 0.272 e. The van der Waals surface area contributed by atoms with E-state index in [1.807, 2.05) is 42.7 Å². The molecule has 138 valence electrons. The summed E-state index contributed by atoms with van der Waals surface area (Å²) in [5.41, 5.74) is 5.28. The lowest BCUT2D eigenvalue weighted by atomic mass is 9.80. The van der Waals surface area contributed by atoms with E-state index in [1.54, 1.807) is 0 Å². The van der Waals surface area contributed by atoms with Gasteiger partial charge in [0, 0.05) is 23.5 Å². The monoisotopic (exact) mass is 368 g/mol. The van der Waals surface area contributed by atoms with Gasteiger partial charge < -0.3 is 5.32 Å². The molecular formula is C23H20N4O. The minimum Gasteiger partial charge on any atom is -0.377 e.